The first-order valence-corrected chi connectivity index (χ1v) is 4.23. The van der Waals surface area contributed by atoms with Crippen LogP contribution < -0.4 is 11.1 Å². The van der Waals surface area contributed by atoms with Crippen molar-refractivity contribution in [2.24, 2.45) is 0 Å². The lowest BCUT2D eigenvalue weighted by atomic mass is 9.94. The van der Waals surface area contributed by atoms with Crippen LogP contribution in [0.4, 0.5) is 5.69 Å². The van der Waals surface area contributed by atoms with Gasteiger partial charge in [-0.15, -0.1) is 0 Å². The summed E-state index contributed by atoms with van der Waals surface area (Å²) < 4.78 is 0. The Morgan fingerprint density at radius 1 is 1.38 bits per heavy atom. The molecule has 3 nitrogen and oxygen atoms in total. The average Bonchev–Trinajstić information content (AvgIpc) is 2.23. The highest BCUT2D eigenvalue weighted by Gasteiger charge is 2.34. The first-order valence-electron chi connectivity index (χ1n) is 4.23. The van der Waals surface area contributed by atoms with Gasteiger partial charge in [0.1, 0.15) is 0 Å². The van der Waals surface area contributed by atoms with Crippen molar-refractivity contribution in [1.29, 1.82) is 0 Å². The lowest BCUT2D eigenvalue weighted by molar-refractivity contribution is 0.0940. The van der Waals surface area contributed by atoms with E-state index < -0.39 is 0 Å². The van der Waals surface area contributed by atoms with Gasteiger partial charge in [0.2, 0.25) is 0 Å². The minimum Gasteiger partial charge on any atom is -0.399 e. The molecule has 3 heteroatoms. The number of fused-ring (bicyclic) bond motifs is 1. The second-order valence-electron chi connectivity index (χ2n) is 3.88. The molecule has 68 valence electrons. The van der Waals surface area contributed by atoms with Crippen molar-refractivity contribution in [3.05, 3.63) is 29.3 Å². The molecule has 0 saturated carbocycles. The van der Waals surface area contributed by atoms with E-state index >= 15 is 0 Å². The number of rotatable bonds is 0. The van der Waals surface area contributed by atoms with Gasteiger partial charge in [0.25, 0.3) is 5.91 Å². The summed E-state index contributed by atoms with van der Waals surface area (Å²) in [6, 6.07) is 5.38. The van der Waals surface area contributed by atoms with E-state index in [0.717, 1.165) is 11.1 Å². The smallest absolute Gasteiger partial charge is 0.252 e. The summed E-state index contributed by atoms with van der Waals surface area (Å²) in [5.74, 6) is -0.0139. The second kappa shape index (κ2) is 2.25. The number of anilines is 1. The fourth-order valence-corrected chi connectivity index (χ4v) is 1.70. The Morgan fingerprint density at radius 2 is 2.08 bits per heavy atom. The first-order chi connectivity index (χ1) is 6.00. The van der Waals surface area contributed by atoms with Crippen molar-refractivity contribution in [3.8, 4) is 0 Å². The predicted octanol–water partition coefficient (Wildman–Crippen LogP) is 1.25. The fraction of sp³-hybridized carbons (Fsp3) is 0.300. The number of benzene rings is 1. The van der Waals surface area contributed by atoms with E-state index in [2.05, 4.69) is 5.32 Å². The van der Waals surface area contributed by atoms with E-state index in [1.54, 1.807) is 12.1 Å². The summed E-state index contributed by atoms with van der Waals surface area (Å²) in [5.41, 5.74) is 7.79. The summed E-state index contributed by atoms with van der Waals surface area (Å²) in [6.45, 7) is 3.94. The van der Waals surface area contributed by atoms with Gasteiger partial charge < -0.3 is 11.1 Å². The molecule has 1 aliphatic heterocycles. The van der Waals surface area contributed by atoms with Crippen LogP contribution in [0.15, 0.2) is 18.2 Å². The maximum atomic E-state index is 11.4. The van der Waals surface area contributed by atoms with Crippen LogP contribution in [-0.4, -0.2) is 5.91 Å². The highest BCUT2D eigenvalue weighted by atomic mass is 16.2. The third-order valence-electron chi connectivity index (χ3n) is 2.39. The van der Waals surface area contributed by atoms with E-state index in [1.807, 2.05) is 19.9 Å². The van der Waals surface area contributed by atoms with Crippen LogP contribution >= 0.6 is 0 Å². The van der Waals surface area contributed by atoms with Crippen molar-refractivity contribution in [3.63, 3.8) is 0 Å². The summed E-state index contributed by atoms with van der Waals surface area (Å²) in [4.78, 5) is 11.4. The molecule has 2 rings (SSSR count). The maximum Gasteiger partial charge on any atom is 0.252 e. The van der Waals surface area contributed by atoms with Gasteiger partial charge in [-0.25, -0.2) is 0 Å². The molecule has 13 heavy (non-hydrogen) atoms. The Morgan fingerprint density at radius 3 is 2.77 bits per heavy atom. The highest BCUT2D eigenvalue weighted by molar-refractivity contribution is 6.00. The van der Waals surface area contributed by atoms with E-state index in [4.69, 9.17) is 5.73 Å². The molecule has 3 N–H and O–H groups in total. The van der Waals surface area contributed by atoms with Crippen LogP contribution in [0.2, 0.25) is 0 Å². The molecule has 0 atom stereocenters. The average molecular weight is 176 g/mol. The van der Waals surface area contributed by atoms with Gasteiger partial charge in [0.15, 0.2) is 0 Å². The fourth-order valence-electron chi connectivity index (χ4n) is 1.70. The number of carbonyl (C=O) groups excluding carboxylic acids is 1. The number of hydrogen-bond donors (Lipinski definition) is 2. The molecule has 0 saturated heterocycles. The molecule has 0 spiro atoms. The van der Waals surface area contributed by atoms with Gasteiger partial charge in [-0.3, -0.25) is 4.79 Å². The lowest BCUT2D eigenvalue weighted by Crippen LogP contribution is -2.32. The molecule has 1 aromatic carbocycles. The summed E-state index contributed by atoms with van der Waals surface area (Å²) in [6.07, 6.45) is 0. The monoisotopic (exact) mass is 176 g/mol. The van der Waals surface area contributed by atoms with Crippen LogP contribution in [-0.2, 0) is 5.54 Å². The van der Waals surface area contributed by atoms with Gasteiger partial charge in [0.05, 0.1) is 5.54 Å². The normalized spacial score (nSPS) is 18.2. The van der Waals surface area contributed by atoms with Crippen molar-refractivity contribution in [2.75, 3.05) is 5.73 Å². The molecule has 1 amide bonds. The highest BCUT2D eigenvalue weighted by Crippen LogP contribution is 2.31. The van der Waals surface area contributed by atoms with E-state index in [-0.39, 0.29) is 11.4 Å². The standard InChI is InChI=1S/C10H12N2O/c1-10(2)8-5-6(11)3-4-7(8)9(13)12-10/h3-5H,11H2,1-2H3,(H,12,13). The quantitative estimate of drug-likeness (QED) is 0.584. The minimum atomic E-state index is -0.290. The van der Waals surface area contributed by atoms with Crippen LogP contribution in [0, 0.1) is 0 Å². The predicted molar refractivity (Wildman–Crippen MR) is 51.3 cm³/mol. The maximum absolute atomic E-state index is 11.4. The molecule has 0 radical (unpaired) electrons. The van der Waals surface area contributed by atoms with Gasteiger partial charge in [-0.2, -0.15) is 0 Å². The van der Waals surface area contributed by atoms with Crippen LogP contribution in [0.1, 0.15) is 29.8 Å². The summed E-state index contributed by atoms with van der Waals surface area (Å²) in [7, 11) is 0. The van der Waals surface area contributed by atoms with Crippen molar-refractivity contribution in [2.45, 2.75) is 19.4 Å². The van der Waals surface area contributed by atoms with Gasteiger partial charge in [-0.05, 0) is 37.6 Å². The molecule has 0 aliphatic carbocycles. The Bertz CT molecular complexity index is 383. The number of nitrogens with two attached hydrogens (primary N) is 1. The number of nitrogens with one attached hydrogen (secondary N) is 1. The van der Waals surface area contributed by atoms with E-state index in [0.29, 0.717) is 5.69 Å². The van der Waals surface area contributed by atoms with E-state index in [9.17, 15) is 4.79 Å². The van der Waals surface area contributed by atoms with E-state index in [1.165, 1.54) is 0 Å². The Kier molecular flexibility index (Phi) is 1.40. The van der Waals surface area contributed by atoms with Gasteiger partial charge in [-0.1, -0.05) is 0 Å². The molecular weight excluding hydrogens is 164 g/mol. The Labute approximate surface area is 76.9 Å². The SMILES string of the molecule is CC1(C)NC(=O)c2ccc(N)cc21. The zero-order valence-corrected chi connectivity index (χ0v) is 7.72. The minimum absolute atomic E-state index is 0.0139. The van der Waals surface area contributed by atoms with Crippen LogP contribution in [0.3, 0.4) is 0 Å². The van der Waals surface area contributed by atoms with Gasteiger partial charge in [0, 0.05) is 11.3 Å². The van der Waals surface area contributed by atoms with Crippen LogP contribution in [0.5, 0.6) is 0 Å². The Hall–Kier alpha value is -1.51. The number of hydrogen-bond acceptors (Lipinski definition) is 2. The van der Waals surface area contributed by atoms with Crippen molar-refractivity contribution < 1.29 is 4.79 Å². The van der Waals surface area contributed by atoms with Crippen molar-refractivity contribution >= 4 is 11.6 Å². The third kappa shape index (κ3) is 1.08. The summed E-state index contributed by atoms with van der Waals surface area (Å²) in [5, 5.41) is 2.89. The lowest BCUT2D eigenvalue weighted by Gasteiger charge is -2.18. The van der Waals surface area contributed by atoms with Gasteiger partial charge >= 0.3 is 0 Å². The second-order valence-corrected chi connectivity index (χ2v) is 3.88. The topological polar surface area (TPSA) is 55.1 Å². The number of nitrogen functional groups attached to an aromatic ring is 1. The molecule has 0 aromatic heterocycles. The molecule has 1 aromatic rings. The zero-order valence-electron chi connectivity index (χ0n) is 7.72. The molecular formula is C10H12N2O. The molecule has 0 bridgehead atoms. The van der Waals surface area contributed by atoms with Crippen LogP contribution in [0.25, 0.3) is 0 Å². The number of amides is 1. The zero-order chi connectivity index (χ0) is 9.64. The number of carbonyl (C=O) groups is 1. The molecule has 0 unspecified atom stereocenters. The molecule has 1 aliphatic rings. The van der Waals surface area contributed by atoms with Crippen molar-refractivity contribution in [1.82, 2.24) is 5.32 Å². The Balaban J connectivity index is 2.66. The first kappa shape index (κ1) is 8.10. The summed E-state index contributed by atoms with van der Waals surface area (Å²) >= 11 is 0. The molecule has 0 fully saturated rings. The third-order valence-corrected chi connectivity index (χ3v) is 2.39. The molecule has 1 heterocycles. The largest absolute Gasteiger partial charge is 0.399 e.